The Morgan fingerprint density at radius 3 is 2.05 bits per heavy atom. The van der Waals surface area contributed by atoms with Crippen LogP contribution < -0.4 is 0 Å². The van der Waals surface area contributed by atoms with Crippen molar-refractivity contribution in [3.05, 3.63) is 40.5 Å². The number of aliphatic carboxylic acids is 1. The van der Waals surface area contributed by atoms with Crippen molar-refractivity contribution in [1.29, 1.82) is 0 Å². The molecule has 0 atom stereocenters. The highest BCUT2D eigenvalue weighted by Crippen LogP contribution is 2.47. The van der Waals surface area contributed by atoms with Crippen LogP contribution in [-0.2, 0) is 15.6 Å². The molecule has 0 unspecified atom stereocenters. The van der Waals surface area contributed by atoms with Crippen LogP contribution in [0, 0.1) is 6.92 Å². The van der Waals surface area contributed by atoms with Crippen LogP contribution in [0.2, 0.25) is 0 Å². The van der Waals surface area contributed by atoms with Crippen LogP contribution >= 0.6 is 0 Å². The molecule has 0 aromatic heterocycles. The van der Waals surface area contributed by atoms with Gasteiger partial charge < -0.3 is 5.11 Å². The Labute approximate surface area is 127 Å². The van der Waals surface area contributed by atoms with Crippen molar-refractivity contribution in [2.75, 3.05) is 0 Å². The molecule has 1 aliphatic carbocycles. The topological polar surface area (TPSA) is 37.3 Å². The Balaban J connectivity index is 2.68. The number of carboxylic acid groups (broad SMARTS) is 1. The summed E-state index contributed by atoms with van der Waals surface area (Å²) in [6.45, 7) is 13.1. The van der Waals surface area contributed by atoms with Crippen molar-refractivity contribution < 1.29 is 9.90 Å². The molecule has 0 radical (unpaired) electrons. The fraction of sp³-hybridized carbons (Fsp3) is 0.526. The maximum atomic E-state index is 10.9. The molecule has 1 aromatic carbocycles. The first-order chi connectivity index (χ1) is 9.54. The summed E-state index contributed by atoms with van der Waals surface area (Å²) < 4.78 is 0. The van der Waals surface area contributed by atoms with E-state index in [1.165, 1.54) is 23.6 Å². The Hall–Kier alpha value is -1.57. The maximum absolute atomic E-state index is 10.9. The lowest BCUT2D eigenvalue weighted by Crippen LogP contribution is -2.34. The van der Waals surface area contributed by atoms with Gasteiger partial charge in [0, 0.05) is 6.08 Å². The Bertz CT molecular complexity index is 619. The van der Waals surface area contributed by atoms with E-state index in [0.29, 0.717) is 0 Å². The lowest BCUT2D eigenvalue weighted by atomic mass is 9.62. The fourth-order valence-electron chi connectivity index (χ4n) is 3.41. The van der Waals surface area contributed by atoms with Crippen LogP contribution in [0.1, 0.15) is 69.7 Å². The average Bonchev–Trinajstić information content (AvgIpc) is 2.33. The molecule has 114 valence electrons. The summed E-state index contributed by atoms with van der Waals surface area (Å²) in [6, 6.07) is 4.49. The minimum Gasteiger partial charge on any atom is -0.478 e. The summed E-state index contributed by atoms with van der Waals surface area (Å²) in [5.74, 6) is -0.885. The molecule has 1 aromatic rings. The number of rotatable bonds is 2. The molecule has 0 saturated heterocycles. The quantitative estimate of drug-likeness (QED) is 0.790. The highest BCUT2D eigenvalue weighted by Gasteiger charge is 2.37. The number of hydrogen-bond donors (Lipinski definition) is 1. The van der Waals surface area contributed by atoms with Gasteiger partial charge in [0.1, 0.15) is 0 Å². The fourth-order valence-corrected chi connectivity index (χ4v) is 3.41. The zero-order valence-corrected chi connectivity index (χ0v) is 14.0. The first-order valence-electron chi connectivity index (χ1n) is 7.62. The van der Waals surface area contributed by atoms with Gasteiger partial charge in [-0.3, -0.25) is 0 Å². The van der Waals surface area contributed by atoms with Gasteiger partial charge in [0.05, 0.1) is 0 Å². The van der Waals surface area contributed by atoms with E-state index in [2.05, 4.69) is 46.8 Å². The summed E-state index contributed by atoms with van der Waals surface area (Å²) in [4.78, 5) is 10.9. The molecule has 0 spiro atoms. The number of fused-ring (bicyclic) bond motifs is 1. The molecule has 2 nitrogen and oxygen atoms in total. The number of allylic oxidation sites excluding steroid dienone is 1. The molecule has 0 amide bonds. The van der Waals surface area contributed by atoms with Crippen LogP contribution in [0.5, 0.6) is 0 Å². The van der Waals surface area contributed by atoms with Crippen LogP contribution in [0.4, 0.5) is 0 Å². The molecular weight excluding hydrogens is 260 g/mol. The van der Waals surface area contributed by atoms with Gasteiger partial charge in [-0.15, -0.1) is 0 Å². The Morgan fingerprint density at radius 2 is 1.57 bits per heavy atom. The van der Waals surface area contributed by atoms with E-state index in [0.717, 1.165) is 23.1 Å². The normalized spacial score (nSPS) is 20.0. The molecule has 0 saturated carbocycles. The number of benzene rings is 1. The van der Waals surface area contributed by atoms with E-state index in [4.69, 9.17) is 5.11 Å². The lowest BCUT2D eigenvalue weighted by molar-refractivity contribution is -0.131. The first kappa shape index (κ1) is 15.8. The van der Waals surface area contributed by atoms with Gasteiger partial charge in [-0.2, -0.15) is 0 Å². The molecule has 0 bridgehead atoms. The summed E-state index contributed by atoms with van der Waals surface area (Å²) in [5, 5.41) is 8.98. The van der Waals surface area contributed by atoms with Crippen LogP contribution in [0.3, 0.4) is 0 Å². The predicted octanol–water partition coefficient (Wildman–Crippen LogP) is 4.83. The van der Waals surface area contributed by atoms with Gasteiger partial charge >= 0.3 is 5.97 Å². The second-order valence-electron chi connectivity index (χ2n) is 7.65. The number of carbonyl (C=O) groups is 1. The third-order valence-electron chi connectivity index (χ3n) is 4.96. The van der Waals surface area contributed by atoms with E-state index in [1.807, 2.05) is 6.92 Å². The lowest BCUT2D eigenvalue weighted by Gasteiger charge is -2.42. The standard InChI is InChI=1S/C19H26O2/c1-12-9-15-16(11-14(12)13(2)10-17(20)21)19(5,6)8-7-18(15,3)4/h9-11H,7-8H2,1-6H3,(H,20,21). The minimum atomic E-state index is -0.885. The maximum Gasteiger partial charge on any atom is 0.328 e. The van der Waals surface area contributed by atoms with Crippen molar-refractivity contribution in [2.45, 2.75) is 65.2 Å². The van der Waals surface area contributed by atoms with E-state index >= 15 is 0 Å². The van der Waals surface area contributed by atoms with Gasteiger partial charge in [-0.1, -0.05) is 39.8 Å². The highest BCUT2D eigenvalue weighted by molar-refractivity contribution is 5.90. The largest absolute Gasteiger partial charge is 0.478 e. The first-order valence-corrected chi connectivity index (χ1v) is 7.62. The second kappa shape index (κ2) is 5.01. The van der Waals surface area contributed by atoms with Crippen molar-refractivity contribution in [2.24, 2.45) is 0 Å². The third kappa shape index (κ3) is 2.90. The van der Waals surface area contributed by atoms with Crippen LogP contribution in [0.25, 0.3) is 5.57 Å². The van der Waals surface area contributed by atoms with E-state index in [1.54, 1.807) is 0 Å². The molecule has 0 aliphatic heterocycles. The van der Waals surface area contributed by atoms with E-state index in [-0.39, 0.29) is 10.8 Å². The monoisotopic (exact) mass is 286 g/mol. The summed E-state index contributed by atoms with van der Waals surface area (Å²) in [5.41, 5.74) is 6.18. The third-order valence-corrected chi connectivity index (χ3v) is 4.96. The molecular formula is C19H26O2. The van der Waals surface area contributed by atoms with Gasteiger partial charge in [0.15, 0.2) is 0 Å². The van der Waals surface area contributed by atoms with Crippen LogP contribution in [0.15, 0.2) is 18.2 Å². The van der Waals surface area contributed by atoms with E-state index in [9.17, 15) is 4.79 Å². The Kier molecular flexibility index (Phi) is 3.77. The van der Waals surface area contributed by atoms with Gasteiger partial charge in [-0.25, -0.2) is 4.79 Å². The smallest absolute Gasteiger partial charge is 0.328 e. The molecule has 0 heterocycles. The average molecular weight is 286 g/mol. The van der Waals surface area contributed by atoms with Crippen molar-refractivity contribution >= 4 is 11.5 Å². The molecule has 1 aliphatic rings. The number of hydrogen-bond acceptors (Lipinski definition) is 1. The number of carboxylic acids is 1. The Morgan fingerprint density at radius 1 is 1.10 bits per heavy atom. The molecule has 2 rings (SSSR count). The van der Waals surface area contributed by atoms with Crippen molar-refractivity contribution in [3.8, 4) is 0 Å². The van der Waals surface area contributed by atoms with Gasteiger partial charge in [0.2, 0.25) is 0 Å². The summed E-state index contributed by atoms with van der Waals surface area (Å²) in [6.07, 6.45) is 3.66. The van der Waals surface area contributed by atoms with E-state index < -0.39 is 5.97 Å². The van der Waals surface area contributed by atoms with Gasteiger partial charge in [0.25, 0.3) is 0 Å². The number of aryl methyl sites for hydroxylation is 1. The SMILES string of the molecule is CC(=CC(=O)O)c1cc2c(cc1C)C(C)(C)CCC2(C)C. The molecule has 2 heteroatoms. The minimum absolute atomic E-state index is 0.150. The molecule has 21 heavy (non-hydrogen) atoms. The van der Waals surface area contributed by atoms with Crippen molar-refractivity contribution in [3.63, 3.8) is 0 Å². The summed E-state index contributed by atoms with van der Waals surface area (Å²) >= 11 is 0. The highest BCUT2D eigenvalue weighted by atomic mass is 16.4. The van der Waals surface area contributed by atoms with Crippen molar-refractivity contribution in [1.82, 2.24) is 0 Å². The zero-order chi connectivity index (χ0) is 16.0. The zero-order valence-electron chi connectivity index (χ0n) is 14.0. The predicted molar refractivity (Wildman–Crippen MR) is 87.8 cm³/mol. The second-order valence-corrected chi connectivity index (χ2v) is 7.65. The summed E-state index contributed by atoms with van der Waals surface area (Å²) in [7, 11) is 0. The molecule has 1 N–H and O–H groups in total. The van der Waals surface area contributed by atoms with Crippen LogP contribution in [-0.4, -0.2) is 11.1 Å². The van der Waals surface area contributed by atoms with Gasteiger partial charge in [-0.05, 0) is 65.3 Å². The molecule has 0 fully saturated rings.